The molecule has 0 bridgehead atoms. The van der Waals surface area contributed by atoms with Crippen molar-refractivity contribution >= 4 is 10.4 Å². The van der Waals surface area contributed by atoms with E-state index in [1.807, 2.05) is 30.3 Å². The number of ether oxygens (including phenoxy) is 33. The Balaban J connectivity index is 0.000121. The molecule has 0 aliphatic heterocycles. The molecule has 0 heterocycles. The maximum atomic E-state index is 10.3. The maximum Gasteiger partial charge on any atom is 1.00 e. The molecule has 0 aromatic heterocycles. The van der Waals surface area contributed by atoms with Crippen LogP contribution >= 0.6 is 0 Å². The van der Waals surface area contributed by atoms with Crippen LogP contribution in [0.2, 0.25) is 0 Å². The molecule has 0 N–H and O–H groups in total. The Morgan fingerprint density at radius 2 is 0.261 bits per heavy atom. The van der Waals surface area contributed by atoms with Crippen LogP contribution in [-0.4, -0.2) is 449 Å². The predicted octanol–water partition coefficient (Wildman–Crippen LogP) is -1.92. The van der Waals surface area contributed by atoms with Crippen LogP contribution in [0, 0.1) is 0 Å². The van der Waals surface area contributed by atoms with E-state index in [0.29, 0.717) is 416 Å². The average molecular weight is 1650 g/mol. The summed E-state index contributed by atoms with van der Waals surface area (Å²) in [6, 6.07) is 9.65. The Labute approximate surface area is 682 Å². The molecule has 0 fully saturated rings. The van der Waals surface area contributed by atoms with Crippen molar-refractivity contribution in [2.45, 2.75) is 0 Å². The summed E-state index contributed by atoms with van der Waals surface area (Å²) < 4.78 is 216. The van der Waals surface area contributed by atoms with Gasteiger partial charge in [-0.3, -0.25) is 4.18 Å². The van der Waals surface area contributed by atoms with Gasteiger partial charge in [0.1, 0.15) is 12.4 Å². The van der Waals surface area contributed by atoms with Crippen molar-refractivity contribution in [3.05, 3.63) is 30.3 Å². The summed E-state index contributed by atoms with van der Waals surface area (Å²) in [6.07, 6.45) is 0. The monoisotopic (exact) mass is 1650 g/mol. The van der Waals surface area contributed by atoms with Crippen molar-refractivity contribution in [2.75, 3.05) is 436 Å². The van der Waals surface area contributed by atoms with Crippen LogP contribution in [0.3, 0.4) is 0 Å². The molecule has 1 aromatic carbocycles. The fraction of sp³-hybridized carbons (Fsp3) is 0.917. The van der Waals surface area contributed by atoms with E-state index in [2.05, 4.69) is 4.18 Å². The first-order chi connectivity index (χ1) is 54.6. The Kier molecular flexibility index (Phi) is 97.9. The number of benzene rings is 1. The largest absolute Gasteiger partial charge is 1.00 e. The molecule has 0 unspecified atom stereocenters. The summed E-state index contributed by atoms with van der Waals surface area (Å²) in [6.45, 7) is 29.5. The SMILES string of the molecule is O=S(=O)([O-])OCCOCCOCCOCCOCCOCCOCCOCCOCCOCCOCCOCCOCCOCCOCCOCCOCCOCCOCCOCCOCCOCCOCCOCCOCCOCCOCCOCCOCCOCCOCCOCCOCCOc1ccccc1.[Na+]. The Morgan fingerprint density at radius 1 is 0.162 bits per heavy atom. The molecule has 37 nitrogen and oxygen atoms in total. The molecule has 0 atom stereocenters. The van der Waals surface area contributed by atoms with E-state index in [0.717, 1.165) is 5.75 Å². The van der Waals surface area contributed by atoms with E-state index in [4.69, 9.17) is 156 Å². The third kappa shape index (κ3) is 101. The van der Waals surface area contributed by atoms with Crippen LogP contribution in [-0.2, 0) is 166 Å². The third-order valence-electron chi connectivity index (χ3n) is 13.2. The van der Waals surface area contributed by atoms with Crippen molar-refractivity contribution in [1.29, 1.82) is 0 Å². The van der Waals surface area contributed by atoms with Crippen LogP contribution in [0.4, 0.5) is 0 Å². The molecule has 0 aliphatic rings. The van der Waals surface area contributed by atoms with Gasteiger partial charge in [0.25, 0.3) is 0 Å². The summed E-state index contributed by atoms with van der Waals surface area (Å²) in [7, 11) is -4.69. The van der Waals surface area contributed by atoms with Crippen LogP contribution in [0.5, 0.6) is 5.75 Å². The molecule has 0 radical (unpaired) electrons. The molecule has 111 heavy (non-hydrogen) atoms. The van der Waals surface area contributed by atoms with Gasteiger partial charge in [-0.25, -0.2) is 8.42 Å². The number of rotatable bonds is 101. The molecule has 0 saturated heterocycles. The Hall–Kier alpha value is -1.39. The third-order valence-corrected chi connectivity index (χ3v) is 13.7. The molecule has 0 amide bonds. The topological polar surface area (TPSA) is 371 Å². The van der Waals surface area contributed by atoms with Crippen LogP contribution < -0.4 is 34.3 Å². The van der Waals surface area contributed by atoms with Gasteiger partial charge in [0.15, 0.2) is 0 Å². The normalized spacial score (nSPS) is 11.8. The summed E-state index contributed by atoms with van der Waals surface area (Å²) in [5.41, 5.74) is 0. The van der Waals surface area contributed by atoms with Gasteiger partial charge < -0.3 is 161 Å². The molecule has 0 saturated carbocycles. The minimum Gasteiger partial charge on any atom is -0.726 e. The zero-order valence-electron chi connectivity index (χ0n) is 66.6. The first-order valence-electron chi connectivity index (χ1n) is 38.3. The van der Waals surface area contributed by atoms with Gasteiger partial charge in [-0.1, -0.05) is 18.2 Å². The number of hydrogen-bond donors (Lipinski definition) is 0. The summed E-state index contributed by atoms with van der Waals surface area (Å²) >= 11 is 0. The molecule has 0 spiro atoms. The van der Waals surface area contributed by atoms with Gasteiger partial charge in [-0.15, -0.1) is 0 Å². The van der Waals surface area contributed by atoms with Crippen molar-refractivity contribution in [3.63, 3.8) is 0 Å². The van der Waals surface area contributed by atoms with E-state index < -0.39 is 10.4 Å². The van der Waals surface area contributed by atoms with E-state index in [9.17, 15) is 13.0 Å². The standard InChI is InChI=1S/C72H138O37S.Na/c73-110(74,75)109-71-69-107-67-65-105-63-61-103-59-57-101-55-53-99-51-49-97-47-45-95-43-41-93-39-37-91-35-33-89-31-29-87-27-25-85-23-21-83-19-17-81-15-13-79-11-9-77-7-6-76-8-10-78-12-14-80-16-18-82-20-22-84-24-26-86-28-30-88-32-34-90-36-38-92-40-42-94-44-46-96-48-50-98-52-54-100-56-58-102-60-62-104-64-66-106-68-70-108-72-4-2-1-3-5-72;/h1-5H,6-71H2,(H,73,74,75);/q;+1/p-1. The summed E-state index contributed by atoms with van der Waals surface area (Å²) in [4.78, 5) is 0. The first-order valence-corrected chi connectivity index (χ1v) is 39.7. The van der Waals surface area contributed by atoms with Crippen LogP contribution in [0.15, 0.2) is 30.3 Å². The Morgan fingerprint density at radius 3 is 0.369 bits per heavy atom. The molecule has 654 valence electrons. The minimum atomic E-state index is -4.69. The summed E-state index contributed by atoms with van der Waals surface area (Å²) in [5, 5.41) is 0. The first kappa shape index (κ1) is 110. The van der Waals surface area contributed by atoms with Crippen LogP contribution in [0.25, 0.3) is 0 Å². The fourth-order valence-corrected chi connectivity index (χ4v) is 8.12. The van der Waals surface area contributed by atoms with E-state index >= 15 is 0 Å². The van der Waals surface area contributed by atoms with Gasteiger partial charge in [-0.05, 0) is 12.1 Å². The molecule has 0 aliphatic carbocycles. The number of hydrogen-bond acceptors (Lipinski definition) is 37. The summed E-state index contributed by atoms with van der Waals surface area (Å²) in [5.74, 6) is 0.835. The van der Waals surface area contributed by atoms with Gasteiger partial charge in [0, 0.05) is 0 Å². The molecule has 39 heteroatoms. The van der Waals surface area contributed by atoms with E-state index in [1.165, 1.54) is 0 Å². The van der Waals surface area contributed by atoms with Gasteiger partial charge in [-0.2, -0.15) is 0 Å². The average Bonchev–Trinajstić information content (AvgIpc) is 0.991. The van der Waals surface area contributed by atoms with Gasteiger partial charge in [0.05, 0.1) is 429 Å². The van der Waals surface area contributed by atoms with Crippen molar-refractivity contribution < 1.29 is 203 Å². The maximum absolute atomic E-state index is 10.3. The van der Waals surface area contributed by atoms with Gasteiger partial charge >= 0.3 is 29.6 Å². The predicted molar refractivity (Wildman–Crippen MR) is 394 cm³/mol. The zero-order valence-corrected chi connectivity index (χ0v) is 69.4. The van der Waals surface area contributed by atoms with Crippen LogP contribution in [0.1, 0.15) is 0 Å². The minimum absolute atomic E-state index is 0. The quantitative estimate of drug-likeness (QED) is 0.0297. The zero-order chi connectivity index (χ0) is 78.3. The molecule has 1 rings (SSSR count). The second-order valence-corrected chi connectivity index (χ2v) is 23.0. The fourth-order valence-electron chi connectivity index (χ4n) is 7.85. The van der Waals surface area contributed by atoms with E-state index in [1.54, 1.807) is 0 Å². The van der Waals surface area contributed by atoms with Crippen molar-refractivity contribution in [3.8, 4) is 5.75 Å². The van der Waals surface area contributed by atoms with Crippen molar-refractivity contribution in [1.82, 2.24) is 0 Å². The Bertz CT molecular complexity index is 1950. The molecule has 1 aromatic rings. The van der Waals surface area contributed by atoms with Gasteiger partial charge in [0.2, 0.25) is 10.4 Å². The number of para-hydroxylation sites is 1. The molecular weight excluding hydrogens is 1510 g/mol. The molecular formula is C72H137NaO37S. The second-order valence-electron chi connectivity index (χ2n) is 22.0. The smallest absolute Gasteiger partial charge is 0.726 e. The van der Waals surface area contributed by atoms with Crippen molar-refractivity contribution in [2.24, 2.45) is 0 Å². The second kappa shape index (κ2) is 99.2. The van der Waals surface area contributed by atoms with E-state index in [-0.39, 0.29) is 49.4 Å².